The molecule has 1 aliphatic rings. The fourth-order valence-corrected chi connectivity index (χ4v) is 3.56. The Hall–Kier alpha value is -1.67. The Morgan fingerprint density at radius 1 is 1.30 bits per heavy atom. The molecule has 3 rings (SSSR count). The summed E-state index contributed by atoms with van der Waals surface area (Å²) in [7, 11) is 0. The van der Waals surface area contributed by atoms with Gasteiger partial charge in [-0.2, -0.15) is 13.2 Å². The van der Waals surface area contributed by atoms with E-state index in [-0.39, 0.29) is 5.01 Å². The van der Waals surface area contributed by atoms with Crippen LogP contribution in [0.1, 0.15) is 22.6 Å². The molecule has 1 saturated heterocycles. The molecule has 4 nitrogen and oxygen atoms in total. The smallest absolute Gasteiger partial charge is 0.381 e. The number of amides is 1. The molecule has 23 heavy (non-hydrogen) atoms. The van der Waals surface area contributed by atoms with E-state index < -0.39 is 24.7 Å². The van der Waals surface area contributed by atoms with Gasteiger partial charge in [-0.25, -0.2) is 4.98 Å². The lowest BCUT2D eigenvalue weighted by atomic mass is 10.1. The summed E-state index contributed by atoms with van der Waals surface area (Å²) in [6.07, 6.45) is -3.62. The summed E-state index contributed by atoms with van der Waals surface area (Å²) in [4.78, 5) is 17.7. The average molecular weight is 344 g/mol. The molecule has 0 bridgehead atoms. The largest absolute Gasteiger partial charge is 0.406 e. The number of thiazole rings is 1. The van der Waals surface area contributed by atoms with Crippen LogP contribution in [0.4, 0.5) is 13.2 Å². The Morgan fingerprint density at radius 2 is 2.00 bits per heavy atom. The third kappa shape index (κ3) is 3.81. The molecule has 1 amide bonds. The van der Waals surface area contributed by atoms with Gasteiger partial charge < -0.3 is 9.64 Å². The van der Waals surface area contributed by atoms with Crippen LogP contribution in [0, 0.1) is 0 Å². The van der Waals surface area contributed by atoms with Crippen molar-refractivity contribution in [3.63, 3.8) is 0 Å². The van der Waals surface area contributed by atoms with Gasteiger partial charge >= 0.3 is 6.18 Å². The molecule has 1 aromatic heterocycles. The zero-order valence-corrected chi connectivity index (χ0v) is 13.0. The molecule has 124 valence electrons. The molecule has 0 radical (unpaired) electrons. The van der Waals surface area contributed by atoms with Gasteiger partial charge in [-0.15, -0.1) is 11.3 Å². The Kier molecular flexibility index (Phi) is 4.54. The summed E-state index contributed by atoms with van der Waals surface area (Å²) in [5, 5.41) is 0.0990. The van der Waals surface area contributed by atoms with Gasteiger partial charge in [0, 0.05) is 19.3 Å². The average Bonchev–Trinajstić information content (AvgIpc) is 2.96. The van der Waals surface area contributed by atoms with Crippen LogP contribution in [0.15, 0.2) is 24.3 Å². The summed E-state index contributed by atoms with van der Waals surface area (Å²) >= 11 is 1.12. The highest BCUT2D eigenvalue weighted by Gasteiger charge is 2.38. The van der Waals surface area contributed by atoms with E-state index in [2.05, 4.69) is 4.98 Å². The zero-order valence-electron chi connectivity index (χ0n) is 12.2. The molecular weight excluding hydrogens is 329 g/mol. The Balaban J connectivity index is 1.89. The molecule has 2 aromatic rings. The Bertz CT molecular complexity index is 662. The number of carbonyl (C=O) groups is 1. The molecule has 0 unspecified atom stereocenters. The minimum Gasteiger partial charge on any atom is -0.381 e. The molecule has 0 spiro atoms. The molecule has 8 heteroatoms. The maximum atomic E-state index is 12.9. The highest BCUT2D eigenvalue weighted by molar-refractivity contribution is 7.20. The van der Waals surface area contributed by atoms with E-state index >= 15 is 0 Å². The van der Waals surface area contributed by atoms with E-state index in [1.165, 1.54) is 0 Å². The number of ether oxygens (including phenoxy) is 1. The first-order chi connectivity index (χ1) is 10.9. The molecule has 0 N–H and O–H groups in total. The molecule has 0 atom stereocenters. The Labute approximate surface area is 134 Å². The summed E-state index contributed by atoms with van der Waals surface area (Å²) < 4.78 is 44.7. The van der Waals surface area contributed by atoms with Crippen molar-refractivity contribution >= 4 is 27.5 Å². The predicted octanol–water partition coefficient (Wildman–Crippen LogP) is 3.48. The molecule has 0 saturated carbocycles. The second-order valence-corrected chi connectivity index (χ2v) is 6.41. The van der Waals surface area contributed by atoms with E-state index in [0.29, 0.717) is 31.6 Å². The van der Waals surface area contributed by atoms with Crippen molar-refractivity contribution in [3.8, 4) is 0 Å². The van der Waals surface area contributed by atoms with Gasteiger partial charge in [0.25, 0.3) is 5.91 Å². The van der Waals surface area contributed by atoms with E-state index in [1.807, 2.05) is 0 Å². The number of rotatable bonds is 3. The van der Waals surface area contributed by atoms with E-state index in [9.17, 15) is 18.0 Å². The summed E-state index contributed by atoms with van der Waals surface area (Å²) in [5.41, 5.74) is 0.625. The van der Waals surface area contributed by atoms with E-state index in [0.717, 1.165) is 20.9 Å². The highest BCUT2D eigenvalue weighted by atomic mass is 32.1. The SMILES string of the molecule is O=C(c1nc2ccccc2s1)N(CC(F)(F)F)C1CCOCC1. The predicted molar refractivity (Wildman–Crippen MR) is 80.6 cm³/mol. The normalized spacial score (nSPS) is 16.7. The fraction of sp³-hybridized carbons (Fsp3) is 0.467. The van der Waals surface area contributed by atoms with Crippen molar-refractivity contribution in [2.45, 2.75) is 25.1 Å². The number of benzene rings is 1. The van der Waals surface area contributed by atoms with Gasteiger partial charge in [-0.05, 0) is 25.0 Å². The number of aromatic nitrogens is 1. The van der Waals surface area contributed by atoms with Gasteiger partial charge in [-0.1, -0.05) is 12.1 Å². The van der Waals surface area contributed by atoms with Crippen LogP contribution in [0.3, 0.4) is 0 Å². The second-order valence-electron chi connectivity index (χ2n) is 5.38. The fourth-order valence-electron chi connectivity index (χ4n) is 2.64. The van der Waals surface area contributed by atoms with Crippen LogP contribution in [-0.2, 0) is 4.74 Å². The third-order valence-electron chi connectivity index (χ3n) is 3.72. The van der Waals surface area contributed by atoms with E-state index in [1.54, 1.807) is 24.3 Å². The van der Waals surface area contributed by atoms with Crippen molar-refractivity contribution in [3.05, 3.63) is 29.3 Å². The van der Waals surface area contributed by atoms with Crippen molar-refractivity contribution in [1.29, 1.82) is 0 Å². The van der Waals surface area contributed by atoms with Crippen LogP contribution >= 0.6 is 11.3 Å². The first kappa shape index (κ1) is 16.2. The number of para-hydroxylation sites is 1. The number of carbonyl (C=O) groups excluding carboxylic acids is 1. The van der Waals surface area contributed by atoms with Crippen molar-refractivity contribution < 1.29 is 22.7 Å². The van der Waals surface area contributed by atoms with Gasteiger partial charge in [-0.3, -0.25) is 4.79 Å². The van der Waals surface area contributed by atoms with Crippen LogP contribution in [-0.4, -0.2) is 47.8 Å². The molecule has 2 heterocycles. The van der Waals surface area contributed by atoms with Crippen molar-refractivity contribution in [2.24, 2.45) is 0 Å². The first-order valence-corrected chi connectivity index (χ1v) is 8.07. The van der Waals surface area contributed by atoms with E-state index in [4.69, 9.17) is 4.74 Å². The standard InChI is InChI=1S/C15H15F3N2O2S/c16-15(17,18)9-20(10-5-7-22-8-6-10)14(21)13-19-11-3-1-2-4-12(11)23-13/h1-4,10H,5-9H2. The quantitative estimate of drug-likeness (QED) is 0.856. The number of fused-ring (bicyclic) bond motifs is 1. The Morgan fingerprint density at radius 3 is 2.65 bits per heavy atom. The van der Waals surface area contributed by atoms with Crippen LogP contribution in [0.2, 0.25) is 0 Å². The maximum Gasteiger partial charge on any atom is 0.406 e. The number of halogens is 3. The molecular formula is C15H15F3N2O2S. The summed E-state index contributed by atoms with van der Waals surface area (Å²) in [6.45, 7) is -0.523. The lowest BCUT2D eigenvalue weighted by molar-refractivity contribution is -0.147. The van der Waals surface area contributed by atoms with Gasteiger partial charge in [0.1, 0.15) is 6.54 Å². The van der Waals surface area contributed by atoms with Gasteiger partial charge in [0.15, 0.2) is 5.01 Å². The number of hydrogen-bond donors (Lipinski definition) is 0. The van der Waals surface area contributed by atoms with Crippen LogP contribution < -0.4 is 0 Å². The molecule has 0 aliphatic carbocycles. The molecule has 1 aromatic carbocycles. The first-order valence-electron chi connectivity index (χ1n) is 7.25. The van der Waals surface area contributed by atoms with Crippen LogP contribution in [0.25, 0.3) is 10.2 Å². The molecule has 1 aliphatic heterocycles. The second kappa shape index (κ2) is 6.45. The van der Waals surface area contributed by atoms with Crippen LogP contribution in [0.5, 0.6) is 0 Å². The lowest BCUT2D eigenvalue weighted by Gasteiger charge is -2.34. The number of alkyl halides is 3. The summed E-state index contributed by atoms with van der Waals surface area (Å²) in [6, 6.07) is 6.66. The third-order valence-corrected chi connectivity index (χ3v) is 4.74. The van der Waals surface area contributed by atoms with Gasteiger partial charge in [0.05, 0.1) is 10.2 Å². The minimum atomic E-state index is -4.44. The van der Waals surface area contributed by atoms with Crippen molar-refractivity contribution in [1.82, 2.24) is 9.88 Å². The summed E-state index contributed by atoms with van der Waals surface area (Å²) in [5.74, 6) is -0.657. The number of hydrogen-bond acceptors (Lipinski definition) is 4. The lowest BCUT2D eigenvalue weighted by Crippen LogP contribution is -2.47. The highest BCUT2D eigenvalue weighted by Crippen LogP contribution is 2.27. The maximum absolute atomic E-state index is 12.9. The monoisotopic (exact) mass is 344 g/mol. The van der Waals surface area contributed by atoms with Gasteiger partial charge in [0.2, 0.25) is 0 Å². The van der Waals surface area contributed by atoms with Crippen molar-refractivity contribution in [2.75, 3.05) is 19.8 Å². The topological polar surface area (TPSA) is 42.4 Å². The minimum absolute atomic E-state index is 0.0990. The zero-order chi connectivity index (χ0) is 16.4. The molecule has 1 fully saturated rings. The number of nitrogens with zero attached hydrogens (tertiary/aromatic N) is 2.